The second-order valence-corrected chi connectivity index (χ2v) is 4.17. The van der Waals surface area contributed by atoms with E-state index in [0.717, 1.165) is 5.69 Å². The summed E-state index contributed by atoms with van der Waals surface area (Å²) >= 11 is 0. The summed E-state index contributed by atoms with van der Waals surface area (Å²) in [4.78, 5) is 10.9. The van der Waals surface area contributed by atoms with Crippen LogP contribution in [0.3, 0.4) is 0 Å². The highest BCUT2D eigenvalue weighted by Crippen LogP contribution is 2.18. The molecule has 1 N–H and O–H groups in total. The van der Waals surface area contributed by atoms with Crippen molar-refractivity contribution in [3.8, 4) is 11.8 Å². The van der Waals surface area contributed by atoms with Crippen molar-refractivity contribution in [2.75, 3.05) is 0 Å². The normalized spacial score (nSPS) is 10.3. The molecule has 96 valence electrons. The molecular weight excluding hydrogens is 256 g/mol. The summed E-state index contributed by atoms with van der Waals surface area (Å²) in [6, 6.07) is 13.6. The monoisotopic (exact) mass is 264 g/mol. The number of carboxylic acids is 1. The minimum absolute atomic E-state index is 0.171. The van der Waals surface area contributed by atoms with E-state index in [9.17, 15) is 4.79 Å². The zero-order chi connectivity index (χ0) is 14.1. The van der Waals surface area contributed by atoms with Crippen molar-refractivity contribution >= 4 is 17.0 Å². The highest BCUT2D eigenvalue weighted by molar-refractivity contribution is 5.92. The van der Waals surface area contributed by atoms with Gasteiger partial charge in [0.15, 0.2) is 0 Å². The molecule has 0 amide bonds. The number of hydrogen-bond donors (Lipinski definition) is 1. The Kier molecular flexibility index (Phi) is 2.66. The zero-order valence-electron chi connectivity index (χ0n) is 10.2. The number of carbonyl (C=O) groups is 1. The lowest BCUT2D eigenvalue weighted by Gasteiger charge is -2.02. The number of benzene rings is 2. The summed E-state index contributed by atoms with van der Waals surface area (Å²) in [5.41, 5.74) is 2.71. The predicted molar refractivity (Wildman–Crippen MR) is 70.5 cm³/mol. The summed E-state index contributed by atoms with van der Waals surface area (Å²) in [6.07, 6.45) is 0. The summed E-state index contributed by atoms with van der Waals surface area (Å²) < 4.78 is 1.60. The largest absolute Gasteiger partial charge is 0.478 e. The van der Waals surface area contributed by atoms with Gasteiger partial charge in [0.05, 0.1) is 28.4 Å². The van der Waals surface area contributed by atoms with Crippen LogP contribution in [0.2, 0.25) is 0 Å². The van der Waals surface area contributed by atoms with Gasteiger partial charge in [-0.15, -0.1) is 5.10 Å². The number of nitriles is 1. The maximum absolute atomic E-state index is 10.9. The number of aromatic carboxylic acids is 1. The number of nitrogens with zero attached hydrogens (tertiary/aromatic N) is 4. The van der Waals surface area contributed by atoms with E-state index in [0.29, 0.717) is 16.6 Å². The molecular formula is C14H8N4O2. The first-order valence-electron chi connectivity index (χ1n) is 5.78. The summed E-state index contributed by atoms with van der Waals surface area (Å²) in [5.74, 6) is -1.00. The van der Waals surface area contributed by atoms with Crippen molar-refractivity contribution in [3.05, 3.63) is 53.6 Å². The van der Waals surface area contributed by atoms with Gasteiger partial charge in [-0.3, -0.25) is 0 Å². The number of fused-ring (bicyclic) bond motifs is 1. The molecule has 1 heterocycles. The highest BCUT2D eigenvalue weighted by atomic mass is 16.4. The van der Waals surface area contributed by atoms with E-state index in [1.807, 2.05) is 6.07 Å². The van der Waals surface area contributed by atoms with Crippen LogP contribution in [0.15, 0.2) is 42.5 Å². The van der Waals surface area contributed by atoms with Crippen LogP contribution in [0.4, 0.5) is 0 Å². The van der Waals surface area contributed by atoms with E-state index in [4.69, 9.17) is 10.4 Å². The standard InChI is InChI=1S/C14H8N4O2/c15-8-9-1-4-11(5-2-9)18-13-6-3-10(14(19)20)7-12(13)16-17-18/h1-7H,(H,19,20). The molecule has 0 unspecified atom stereocenters. The van der Waals surface area contributed by atoms with Gasteiger partial charge in [-0.1, -0.05) is 5.21 Å². The van der Waals surface area contributed by atoms with Crippen molar-refractivity contribution < 1.29 is 9.90 Å². The predicted octanol–water partition coefficient (Wildman–Crippen LogP) is 1.99. The number of rotatable bonds is 2. The summed E-state index contributed by atoms with van der Waals surface area (Å²) in [7, 11) is 0. The SMILES string of the molecule is N#Cc1ccc(-n2nnc3cc(C(=O)O)ccc32)cc1. The van der Waals surface area contributed by atoms with Gasteiger partial charge < -0.3 is 5.11 Å². The molecule has 6 heteroatoms. The lowest BCUT2D eigenvalue weighted by Crippen LogP contribution is -1.97. The van der Waals surface area contributed by atoms with Crippen LogP contribution < -0.4 is 0 Å². The van der Waals surface area contributed by atoms with E-state index in [-0.39, 0.29) is 5.56 Å². The van der Waals surface area contributed by atoms with E-state index in [2.05, 4.69) is 10.3 Å². The molecule has 0 aliphatic heterocycles. The fourth-order valence-corrected chi connectivity index (χ4v) is 1.92. The van der Waals surface area contributed by atoms with Crippen LogP contribution in [0, 0.1) is 11.3 Å². The Morgan fingerprint density at radius 3 is 2.60 bits per heavy atom. The van der Waals surface area contributed by atoms with E-state index >= 15 is 0 Å². The second kappa shape index (κ2) is 4.48. The lowest BCUT2D eigenvalue weighted by molar-refractivity contribution is 0.0697. The average Bonchev–Trinajstić information content (AvgIpc) is 2.90. The molecule has 0 fully saturated rings. The average molecular weight is 264 g/mol. The Morgan fingerprint density at radius 1 is 1.20 bits per heavy atom. The Morgan fingerprint density at radius 2 is 1.95 bits per heavy atom. The van der Waals surface area contributed by atoms with Crippen LogP contribution in [-0.4, -0.2) is 26.1 Å². The van der Waals surface area contributed by atoms with Crippen LogP contribution in [-0.2, 0) is 0 Å². The molecule has 0 saturated heterocycles. The molecule has 0 aliphatic carbocycles. The molecule has 0 radical (unpaired) electrons. The smallest absolute Gasteiger partial charge is 0.335 e. The molecule has 6 nitrogen and oxygen atoms in total. The molecule has 0 aliphatic rings. The Bertz CT molecular complexity index is 844. The fraction of sp³-hybridized carbons (Fsp3) is 0. The third kappa shape index (κ3) is 1.87. The highest BCUT2D eigenvalue weighted by Gasteiger charge is 2.10. The quantitative estimate of drug-likeness (QED) is 0.764. The van der Waals surface area contributed by atoms with Crippen LogP contribution in [0.5, 0.6) is 0 Å². The first kappa shape index (κ1) is 11.9. The van der Waals surface area contributed by atoms with Gasteiger partial charge >= 0.3 is 5.97 Å². The minimum atomic E-state index is -1.00. The van der Waals surface area contributed by atoms with Crippen molar-refractivity contribution in [3.63, 3.8) is 0 Å². The van der Waals surface area contributed by atoms with Gasteiger partial charge in [0, 0.05) is 0 Å². The molecule has 0 bridgehead atoms. The third-order valence-corrected chi connectivity index (χ3v) is 2.93. The van der Waals surface area contributed by atoms with E-state index in [1.165, 1.54) is 12.1 Å². The second-order valence-electron chi connectivity index (χ2n) is 4.17. The molecule has 1 aromatic heterocycles. The minimum Gasteiger partial charge on any atom is -0.478 e. The molecule has 3 aromatic rings. The van der Waals surface area contributed by atoms with Crippen LogP contribution in [0.1, 0.15) is 15.9 Å². The van der Waals surface area contributed by atoms with E-state index < -0.39 is 5.97 Å². The topological polar surface area (TPSA) is 91.8 Å². The zero-order valence-corrected chi connectivity index (χ0v) is 10.2. The van der Waals surface area contributed by atoms with Gasteiger partial charge in [0.1, 0.15) is 5.52 Å². The number of aromatic nitrogens is 3. The third-order valence-electron chi connectivity index (χ3n) is 2.93. The maximum Gasteiger partial charge on any atom is 0.335 e. The van der Waals surface area contributed by atoms with Gasteiger partial charge in [-0.2, -0.15) is 5.26 Å². The first-order valence-corrected chi connectivity index (χ1v) is 5.78. The number of hydrogen-bond acceptors (Lipinski definition) is 4. The molecule has 0 atom stereocenters. The summed E-state index contributed by atoms with van der Waals surface area (Å²) in [6.45, 7) is 0. The Labute approximate surface area is 113 Å². The Hall–Kier alpha value is -3.20. The van der Waals surface area contributed by atoms with Crippen molar-refractivity contribution in [2.24, 2.45) is 0 Å². The van der Waals surface area contributed by atoms with Gasteiger partial charge in [-0.25, -0.2) is 9.48 Å². The molecule has 3 rings (SSSR count). The molecule has 0 spiro atoms. The first-order chi connectivity index (χ1) is 9.69. The van der Waals surface area contributed by atoms with Crippen molar-refractivity contribution in [1.29, 1.82) is 5.26 Å². The fourth-order valence-electron chi connectivity index (χ4n) is 1.92. The van der Waals surface area contributed by atoms with Gasteiger partial charge in [-0.05, 0) is 42.5 Å². The number of carboxylic acid groups (broad SMARTS) is 1. The molecule has 2 aromatic carbocycles. The lowest BCUT2D eigenvalue weighted by atomic mass is 10.2. The molecule has 0 saturated carbocycles. The molecule has 20 heavy (non-hydrogen) atoms. The van der Waals surface area contributed by atoms with Crippen LogP contribution >= 0.6 is 0 Å². The summed E-state index contributed by atoms with van der Waals surface area (Å²) in [5, 5.41) is 25.7. The van der Waals surface area contributed by atoms with Crippen LogP contribution in [0.25, 0.3) is 16.7 Å². The van der Waals surface area contributed by atoms with E-state index in [1.54, 1.807) is 35.0 Å². The van der Waals surface area contributed by atoms with Crippen molar-refractivity contribution in [2.45, 2.75) is 0 Å². The Balaban J connectivity index is 2.12. The van der Waals surface area contributed by atoms with Crippen molar-refractivity contribution in [1.82, 2.24) is 15.0 Å². The maximum atomic E-state index is 10.9. The van der Waals surface area contributed by atoms with Gasteiger partial charge in [0.2, 0.25) is 0 Å². The van der Waals surface area contributed by atoms with Gasteiger partial charge in [0.25, 0.3) is 0 Å².